The van der Waals surface area contributed by atoms with Crippen molar-refractivity contribution in [3.8, 4) is 0 Å². The molecule has 1 heterocycles. The number of amides is 1. The number of aromatic amines is 1. The Morgan fingerprint density at radius 1 is 1.72 bits per heavy atom. The van der Waals surface area contributed by atoms with Gasteiger partial charge in [-0.25, -0.2) is 9.89 Å². The molecule has 7 nitrogen and oxygen atoms in total. The molecule has 0 spiro atoms. The van der Waals surface area contributed by atoms with Crippen molar-refractivity contribution >= 4 is 17.7 Å². The molecule has 1 fully saturated rings. The van der Waals surface area contributed by atoms with Crippen molar-refractivity contribution in [1.82, 2.24) is 20.1 Å². The fraction of sp³-hybridized carbons (Fsp3) is 0.700. The number of nitrogens with one attached hydrogen (secondary N) is 2. The summed E-state index contributed by atoms with van der Waals surface area (Å²) in [4.78, 5) is 22.4. The van der Waals surface area contributed by atoms with Crippen LogP contribution in [0.5, 0.6) is 0 Å². The third kappa shape index (κ3) is 3.36. The summed E-state index contributed by atoms with van der Waals surface area (Å²) in [6, 6.07) is 0.156. The third-order valence-corrected chi connectivity index (χ3v) is 3.90. The van der Waals surface area contributed by atoms with Crippen molar-refractivity contribution < 1.29 is 4.79 Å². The molecule has 1 amide bonds. The number of nitrogens with zero attached hydrogens (tertiary/aromatic N) is 2. The van der Waals surface area contributed by atoms with Gasteiger partial charge in [-0.15, -0.1) is 5.10 Å². The van der Waals surface area contributed by atoms with Crippen LogP contribution in [0.2, 0.25) is 0 Å². The zero-order valence-corrected chi connectivity index (χ0v) is 11.0. The zero-order valence-electron chi connectivity index (χ0n) is 10.2. The Morgan fingerprint density at radius 2 is 2.44 bits per heavy atom. The molecule has 0 aliphatic heterocycles. The van der Waals surface area contributed by atoms with E-state index >= 15 is 0 Å². The fourth-order valence-electron chi connectivity index (χ4n) is 1.57. The van der Waals surface area contributed by atoms with E-state index in [1.807, 2.05) is 0 Å². The van der Waals surface area contributed by atoms with Crippen LogP contribution in [-0.4, -0.2) is 38.5 Å². The molecule has 1 unspecified atom stereocenters. The predicted molar refractivity (Wildman–Crippen MR) is 68.3 cm³/mol. The smallest absolute Gasteiger partial charge is 0.343 e. The Labute approximate surface area is 109 Å². The van der Waals surface area contributed by atoms with E-state index in [0.717, 1.165) is 12.8 Å². The van der Waals surface area contributed by atoms with Gasteiger partial charge in [-0.1, -0.05) is 11.8 Å². The Kier molecular flexibility index (Phi) is 4.07. The number of primary amides is 1. The highest BCUT2D eigenvalue weighted by molar-refractivity contribution is 7.99. The van der Waals surface area contributed by atoms with Crippen LogP contribution in [0.15, 0.2) is 9.95 Å². The van der Waals surface area contributed by atoms with E-state index in [0.29, 0.717) is 23.4 Å². The molecule has 1 saturated carbocycles. The molecule has 100 valence electrons. The number of carbonyl (C=O) groups excluding carboxylic acids is 1. The first-order valence-corrected chi connectivity index (χ1v) is 6.86. The second-order valence-electron chi connectivity index (χ2n) is 4.40. The first-order chi connectivity index (χ1) is 8.58. The van der Waals surface area contributed by atoms with Gasteiger partial charge < -0.3 is 11.1 Å². The molecule has 0 aromatic carbocycles. The number of H-pyrrole nitrogens is 1. The van der Waals surface area contributed by atoms with E-state index in [9.17, 15) is 9.59 Å². The largest absolute Gasteiger partial charge is 0.368 e. The van der Waals surface area contributed by atoms with E-state index < -0.39 is 0 Å². The number of carbonyl (C=O) groups is 1. The van der Waals surface area contributed by atoms with Crippen molar-refractivity contribution in [2.24, 2.45) is 12.8 Å². The Balaban J connectivity index is 1.80. The highest BCUT2D eigenvalue weighted by Gasteiger charge is 2.26. The minimum atomic E-state index is -0.321. The number of thioether (sulfide) groups is 1. The zero-order chi connectivity index (χ0) is 13.1. The maximum absolute atomic E-state index is 11.2. The molecule has 1 aromatic rings. The van der Waals surface area contributed by atoms with Gasteiger partial charge in [0.25, 0.3) is 0 Å². The number of hydrogen-bond acceptors (Lipinski definition) is 5. The van der Waals surface area contributed by atoms with Crippen LogP contribution < -0.4 is 16.7 Å². The molecule has 2 rings (SSSR count). The minimum Gasteiger partial charge on any atom is -0.368 e. The highest BCUT2D eigenvalue weighted by Crippen LogP contribution is 2.21. The lowest BCUT2D eigenvalue weighted by atomic mass is 10.2. The van der Waals surface area contributed by atoms with Crippen LogP contribution in [0.3, 0.4) is 0 Å². The van der Waals surface area contributed by atoms with Crippen LogP contribution >= 0.6 is 11.8 Å². The van der Waals surface area contributed by atoms with E-state index in [1.165, 1.54) is 16.3 Å². The van der Waals surface area contributed by atoms with E-state index in [1.54, 1.807) is 7.05 Å². The summed E-state index contributed by atoms with van der Waals surface area (Å²) in [5.41, 5.74) is 5.10. The Bertz CT molecular complexity index is 479. The SMILES string of the molecule is Cn1c(SCCC(NC2CC2)C(N)=O)n[nH]c1=O. The van der Waals surface area contributed by atoms with Crippen LogP contribution in [-0.2, 0) is 11.8 Å². The Morgan fingerprint density at radius 3 is 2.94 bits per heavy atom. The van der Waals surface area contributed by atoms with Crippen molar-refractivity contribution in [3.63, 3.8) is 0 Å². The third-order valence-electron chi connectivity index (χ3n) is 2.83. The second kappa shape index (κ2) is 5.57. The van der Waals surface area contributed by atoms with Crippen molar-refractivity contribution in [2.45, 2.75) is 36.5 Å². The highest BCUT2D eigenvalue weighted by atomic mass is 32.2. The molecule has 8 heteroatoms. The second-order valence-corrected chi connectivity index (χ2v) is 5.47. The van der Waals surface area contributed by atoms with Gasteiger partial charge in [-0.3, -0.25) is 9.36 Å². The molecule has 18 heavy (non-hydrogen) atoms. The summed E-state index contributed by atoms with van der Waals surface area (Å²) in [5, 5.41) is 10.1. The fourth-order valence-corrected chi connectivity index (χ4v) is 2.49. The standard InChI is InChI=1S/C10H17N5O2S/c1-15-9(17)13-14-10(15)18-5-4-7(8(11)16)12-6-2-3-6/h6-7,12H,2-5H2,1H3,(H2,11,16)(H,13,17). The van der Waals surface area contributed by atoms with Gasteiger partial charge in [0.1, 0.15) is 0 Å². The van der Waals surface area contributed by atoms with Crippen molar-refractivity contribution in [3.05, 3.63) is 10.5 Å². The summed E-state index contributed by atoms with van der Waals surface area (Å²) in [7, 11) is 1.65. The first kappa shape index (κ1) is 13.2. The molecule has 4 N–H and O–H groups in total. The quantitative estimate of drug-likeness (QED) is 0.563. The lowest BCUT2D eigenvalue weighted by molar-refractivity contribution is -0.120. The molecular formula is C10H17N5O2S. The van der Waals surface area contributed by atoms with Crippen LogP contribution in [0, 0.1) is 0 Å². The number of hydrogen-bond donors (Lipinski definition) is 3. The van der Waals surface area contributed by atoms with E-state index in [4.69, 9.17) is 5.73 Å². The summed E-state index contributed by atoms with van der Waals surface area (Å²) >= 11 is 1.43. The lowest BCUT2D eigenvalue weighted by Crippen LogP contribution is -2.42. The topological polar surface area (TPSA) is 106 Å². The summed E-state index contributed by atoms with van der Waals surface area (Å²) in [5.74, 6) is 0.365. The normalized spacial score (nSPS) is 16.7. The summed E-state index contributed by atoms with van der Waals surface area (Å²) in [6.45, 7) is 0. The minimum absolute atomic E-state index is 0.236. The number of nitrogens with two attached hydrogens (primary N) is 1. The molecule has 0 radical (unpaired) electrons. The molecule has 1 aromatic heterocycles. The summed E-state index contributed by atoms with van der Waals surface area (Å²) < 4.78 is 1.44. The monoisotopic (exact) mass is 271 g/mol. The molecule has 1 aliphatic carbocycles. The van der Waals surface area contributed by atoms with Crippen LogP contribution in [0.25, 0.3) is 0 Å². The maximum Gasteiger partial charge on any atom is 0.343 e. The van der Waals surface area contributed by atoms with Gasteiger partial charge in [0, 0.05) is 18.8 Å². The first-order valence-electron chi connectivity index (χ1n) is 5.87. The molecule has 1 aliphatic rings. The molecule has 0 bridgehead atoms. The van der Waals surface area contributed by atoms with Gasteiger partial charge in [-0.2, -0.15) is 0 Å². The van der Waals surface area contributed by atoms with Crippen molar-refractivity contribution in [1.29, 1.82) is 0 Å². The number of rotatable bonds is 7. The maximum atomic E-state index is 11.2. The van der Waals surface area contributed by atoms with Gasteiger partial charge in [0.05, 0.1) is 6.04 Å². The molecule has 0 saturated heterocycles. The van der Waals surface area contributed by atoms with Crippen molar-refractivity contribution in [2.75, 3.05) is 5.75 Å². The van der Waals surface area contributed by atoms with Crippen LogP contribution in [0.4, 0.5) is 0 Å². The van der Waals surface area contributed by atoms with Gasteiger partial charge in [-0.05, 0) is 19.3 Å². The van der Waals surface area contributed by atoms with Gasteiger partial charge >= 0.3 is 5.69 Å². The van der Waals surface area contributed by atoms with E-state index in [-0.39, 0.29) is 17.6 Å². The van der Waals surface area contributed by atoms with Gasteiger partial charge in [0.15, 0.2) is 5.16 Å². The predicted octanol–water partition coefficient (Wildman–Crippen LogP) is -0.803. The average molecular weight is 271 g/mol. The van der Waals surface area contributed by atoms with E-state index in [2.05, 4.69) is 15.5 Å². The van der Waals surface area contributed by atoms with Gasteiger partial charge in [0.2, 0.25) is 5.91 Å². The lowest BCUT2D eigenvalue weighted by Gasteiger charge is -2.14. The Hall–Kier alpha value is -1.28. The average Bonchev–Trinajstić information content (AvgIpc) is 3.09. The summed E-state index contributed by atoms with van der Waals surface area (Å²) in [6.07, 6.45) is 2.87. The molecule has 1 atom stereocenters. The molecular weight excluding hydrogens is 254 g/mol. The number of aromatic nitrogens is 3. The van der Waals surface area contributed by atoms with Crippen LogP contribution in [0.1, 0.15) is 19.3 Å².